The minimum Gasteiger partial charge on any atom is -0.376 e. The first kappa shape index (κ1) is 13.8. The molecule has 3 rings (SSSR count). The number of halogens is 1. The number of benzene rings is 1. The molecule has 1 saturated heterocycles. The summed E-state index contributed by atoms with van der Waals surface area (Å²) in [6.45, 7) is 1.27. The molecule has 5 nitrogen and oxygen atoms in total. The maximum Gasteiger partial charge on any atom is 0.271 e. The number of rotatable bonds is 4. The zero-order chi connectivity index (χ0) is 14.7. The van der Waals surface area contributed by atoms with Crippen molar-refractivity contribution in [1.29, 1.82) is 0 Å². The van der Waals surface area contributed by atoms with E-state index in [2.05, 4.69) is 10.4 Å². The fourth-order valence-electron chi connectivity index (χ4n) is 2.29. The highest BCUT2D eigenvalue weighted by molar-refractivity contribution is 5.92. The highest BCUT2D eigenvalue weighted by atomic mass is 19.1. The summed E-state index contributed by atoms with van der Waals surface area (Å²) in [5, 5.41) is 7.01. The first-order valence-electron chi connectivity index (χ1n) is 6.94. The predicted molar refractivity (Wildman–Crippen MR) is 74.8 cm³/mol. The van der Waals surface area contributed by atoms with E-state index in [-0.39, 0.29) is 17.8 Å². The summed E-state index contributed by atoms with van der Waals surface area (Å²) in [5.74, 6) is -0.535. The molecular weight excluding hydrogens is 273 g/mol. The Bertz CT molecular complexity index is 618. The second-order valence-electron chi connectivity index (χ2n) is 4.97. The van der Waals surface area contributed by atoms with Gasteiger partial charge in [0.2, 0.25) is 0 Å². The van der Waals surface area contributed by atoms with Crippen LogP contribution >= 0.6 is 0 Å². The lowest BCUT2D eigenvalue weighted by atomic mass is 10.2. The highest BCUT2D eigenvalue weighted by Crippen LogP contribution is 2.11. The summed E-state index contributed by atoms with van der Waals surface area (Å²) in [7, 11) is 0. The number of carbonyl (C=O) groups excluding carboxylic acids is 1. The van der Waals surface area contributed by atoms with Gasteiger partial charge in [-0.15, -0.1) is 0 Å². The summed E-state index contributed by atoms with van der Waals surface area (Å²) >= 11 is 0. The summed E-state index contributed by atoms with van der Waals surface area (Å²) in [5.41, 5.74) is 1.03. The number of carbonyl (C=O) groups is 1. The maximum atomic E-state index is 12.9. The van der Waals surface area contributed by atoms with Gasteiger partial charge in [0.25, 0.3) is 5.91 Å². The van der Waals surface area contributed by atoms with Crippen LogP contribution in [0, 0.1) is 5.82 Å². The molecule has 1 aromatic heterocycles. The fraction of sp³-hybridized carbons (Fsp3) is 0.333. The molecule has 1 aromatic carbocycles. The van der Waals surface area contributed by atoms with E-state index in [0.29, 0.717) is 17.9 Å². The zero-order valence-corrected chi connectivity index (χ0v) is 11.5. The lowest BCUT2D eigenvalue weighted by Crippen LogP contribution is -2.32. The van der Waals surface area contributed by atoms with Crippen LogP contribution in [0.15, 0.2) is 36.5 Å². The average molecular weight is 289 g/mol. The van der Waals surface area contributed by atoms with E-state index in [1.807, 2.05) is 0 Å². The van der Waals surface area contributed by atoms with Gasteiger partial charge in [0.05, 0.1) is 11.8 Å². The zero-order valence-electron chi connectivity index (χ0n) is 11.5. The summed E-state index contributed by atoms with van der Waals surface area (Å²) < 4.78 is 19.9. The van der Waals surface area contributed by atoms with Crippen molar-refractivity contribution in [1.82, 2.24) is 15.1 Å². The monoisotopic (exact) mass is 289 g/mol. The molecule has 1 atom stereocenters. The Kier molecular flexibility index (Phi) is 3.96. The second kappa shape index (κ2) is 6.05. The largest absolute Gasteiger partial charge is 0.376 e. The predicted octanol–water partition coefficient (Wildman–Crippen LogP) is 1.92. The first-order chi connectivity index (χ1) is 10.2. The van der Waals surface area contributed by atoms with E-state index in [1.54, 1.807) is 29.1 Å². The molecule has 0 aliphatic carbocycles. The third kappa shape index (κ3) is 3.28. The first-order valence-corrected chi connectivity index (χ1v) is 6.94. The molecule has 0 spiro atoms. The van der Waals surface area contributed by atoms with Crippen LogP contribution in [0.1, 0.15) is 23.3 Å². The van der Waals surface area contributed by atoms with Crippen molar-refractivity contribution in [2.24, 2.45) is 0 Å². The van der Waals surface area contributed by atoms with Crippen molar-refractivity contribution in [2.75, 3.05) is 13.2 Å². The quantitative estimate of drug-likeness (QED) is 0.935. The van der Waals surface area contributed by atoms with Gasteiger partial charge in [0, 0.05) is 19.3 Å². The molecule has 0 bridgehead atoms. The third-order valence-corrected chi connectivity index (χ3v) is 3.43. The van der Waals surface area contributed by atoms with Gasteiger partial charge in [0.15, 0.2) is 5.69 Å². The molecule has 1 aliphatic heterocycles. The average Bonchev–Trinajstić information content (AvgIpc) is 3.17. The number of ether oxygens (including phenoxy) is 1. The number of aromatic nitrogens is 2. The number of nitrogens with one attached hydrogen (secondary N) is 1. The third-order valence-electron chi connectivity index (χ3n) is 3.43. The summed E-state index contributed by atoms with van der Waals surface area (Å²) in [4.78, 5) is 12.0. The number of hydrogen-bond acceptors (Lipinski definition) is 3. The molecule has 1 fully saturated rings. The fourth-order valence-corrected chi connectivity index (χ4v) is 2.29. The van der Waals surface area contributed by atoms with Crippen LogP contribution in [-0.2, 0) is 4.74 Å². The van der Waals surface area contributed by atoms with Gasteiger partial charge < -0.3 is 10.1 Å². The number of amides is 1. The summed E-state index contributed by atoms with van der Waals surface area (Å²) in [6.07, 6.45) is 3.80. The van der Waals surface area contributed by atoms with Crippen molar-refractivity contribution < 1.29 is 13.9 Å². The highest BCUT2D eigenvalue weighted by Gasteiger charge is 2.17. The minimum absolute atomic E-state index is 0.105. The molecular formula is C15H16FN3O2. The lowest BCUT2D eigenvalue weighted by Gasteiger charge is -2.09. The van der Waals surface area contributed by atoms with E-state index in [0.717, 1.165) is 19.4 Å². The van der Waals surface area contributed by atoms with Crippen molar-refractivity contribution >= 4 is 5.91 Å². The standard InChI is InChI=1S/C15H16FN3O2/c16-11-3-5-12(6-4-11)19-8-7-14(18-19)15(20)17-10-13-2-1-9-21-13/h3-8,13H,1-2,9-10H2,(H,17,20)/t13-/m0/s1. The van der Waals surface area contributed by atoms with E-state index in [4.69, 9.17) is 4.74 Å². The minimum atomic E-state index is -0.305. The molecule has 1 amide bonds. The van der Waals surface area contributed by atoms with Gasteiger partial charge in [-0.05, 0) is 43.2 Å². The van der Waals surface area contributed by atoms with E-state index in [9.17, 15) is 9.18 Å². The molecule has 0 saturated carbocycles. The molecule has 0 unspecified atom stereocenters. The molecule has 21 heavy (non-hydrogen) atoms. The van der Waals surface area contributed by atoms with Gasteiger partial charge in [0.1, 0.15) is 5.82 Å². The Labute approximate surface area is 121 Å². The molecule has 110 valence electrons. The lowest BCUT2D eigenvalue weighted by molar-refractivity contribution is 0.0853. The van der Waals surface area contributed by atoms with Crippen LogP contribution in [0.2, 0.25) is 0 Å². The number of hydrogen-bond donors (Lipinski definition) is 1. The molecule has 0 radical (unpaired) electrons. The van der Waals surface area contributed by atoms with Crippen LogP contribution < -0.4 is 5.32 Å². The van der Waals surface area contributed by atoms with E-state index < -0.39 is 0 Å². The number of nitrogens with zero attached hydrogens (tertiary/aromatic N) is 2. The van der Waals surface area contributed by atoms with Crippen molar-refractivity contribution in [3.05, 3.63) is 48.0 Å². The normalized spacial score (nSPS) is 17.9. The Hall–Kier alpha value is -2.21. The van der Waals surface area contributed by atoms with Crippen LogP contribution in [0.3, 0.4) is 0 Å². The van der Waals surface area contributed by atoms with Crippen molar-refractivity contribution in [3.8, 4) is 5.69 Å². The SMILES string of the molecule is O=C(NC[C@@H]1CCCO1)c1ccn(-c2ccc(F)cc2)n1. The smallest absolute Gasteiger partial charge is 0.271 e. The van der Waals surface area contributed by atoms with E-state index >= 15 is 0 Å². The van der Waals surface area contributed by atoms with Crippen LogP contribution in [-0.4, -0.2) is 34.9 Å². The van der Waals surface area contributed by atoms with E-state index in [1.165, 1.54) is 12.1 Å². The molecule has 1 aliphatic rings. The summed E-state index contributed by atoms with van der Waals surface area (Å²) in [6, 6.07) is 7.56. The molecule has 6 heteroatoms. The topological polar surface area (TPSA) is 56.1 Å². The Morgan fingerprint density at radius 2 is 2.19 bits per heavy atom. The second-order valence-corrected chi connectivity index (χ2v) is 4.97. The van der Waals surface area contributed by atoms with Gasteiger partial charge in [-0.25, -0.2) is 9.07 Å². The Morgan fingerprint density at radius 3 is 2.90 bits per heavy atom. The Morgan fingerprint density at radius 1 is 1.38 bits per heavy atom. The van der Waals surface area contributed by atoms with Crippen LogP contribution in [0.4, 0.5) is 4.39 Å². The van der Waals surface area contributed by atoms with Crippen LogP contribution in [0.25, 0.3) is 5.69 Å². The van der Waals surface area contributed by atoms with Gasteiger partial charge in [-0.3, -0.25) is 4.79 Å². The van der Waals surface area contributed by atoms with Gasteiger partial charge >= 0.3 is 0 Å². The maximum absolute atomic E-state index is 12.9. The van der Waals surface area contributed by atoms with Crippen molar-refractivity contribution in [3.63, 3.8) is 0 Å². The van der Waals surface area contributed by atoms with Gasteiger partial charge in [-0.2, -0.15) is 5.10 Å². The molecule has 2 heterocycles. The van der Waals surface area contributed by atoms with Crippen molar-refractivity contribution in [2.45, 2.75) is 18.9 Å². The van der Waals surface area contributed by atoms with Gasteiger partial charge in [-0.1, -0.05) is 0 Å². The molecule has 1 N–H and O–H groups in total. The Balaban J connectivity index is 1.63. The van der Waals surface area contributed by atoms with Crippen LogP contribution in [0.5, 0.6) is 0 Å². The molecule has 2 aromatic rings.